The molecular formula is C15H18N2O2. The van der Waals surface area contributed by atoms with Crippen molar-refractivity contribution in [3.8, 4) is 23.7 Å². The van der Waals surface area contributed by atoms with Gasteiger partial charge in [0.1, 0.15) is 24.5 Å². The zero-order valence-electron chi connectivity index (χ0n) is 11.0. The molecule has 0 fully saturated rings. The molecule has 0 aliphatic rings. The van der Waals surface area contributed by atoms with Crippen molar-refractivity contribution in [2.45, 2.75) is 19.4 Å². The van der Waals surface area contributed by atoms with Gasteiger partial charge in [0.15, 0.2) is 0 Å². The average Bonchev–Trinajstić information content (AvgIpc) is 2.45. The summed E-state index contributed by atoms with van der Waals surface area (Å²) in [5, 5.41) is 21.7. The molecule has 1 unspecified atom stereocenters. The molecule has 4 heteroatoms. The first-order valence-corrected chi connectivity index (χ1v) is 6.18. The minimum atomic E-state index is -0.610. The molecule has 4 nitrogen and oxygen atoms in total. The summed E-state index contributed by atoms with van der Waals surface area (Å²) in [6.07, 6.45) is 0.155. The van der Waals surface area contributed by atoms with Gasteiger partial charge in [-0.2, -0.15) is 5.26 Å². The van der Waals surface area contributed by atoms with Crippen LogP contribution in [0.2, 0.25) is 0 Å². The number of aliphatic hydroxyl groups is 1. The Morgan fingerprint density at radius 1 is 1.42 bits per heavy atom. The molecule has 0 spiro atoms. The highest BCUT2D eigenvalue weighted by Gasteiger charge is 2.07. The summed E-state index contributed by atoms with van der Waals surface area (Å²) >= 11 is 0. The summed E-state index contributed by atoms with van der Waals surface area (Å²) in [5.41, 5.74) is 0.473. The van der Waals surface area contributed by atoms with Gasteiger partial charge in [0.05, 0.1) is 5.56 Å². The molecule has 1 aromatic carbocycles. The second-order valence-corrected chi connectivity index (χ2v) is 3.95. The van der Waals surface area contributed by atoms with E-state index in [1.54, 1.807) is 31.2 Å². The molecule has 0 aliphatic carbocycles. The van der Waals surface area contributed by atoms with Crippen LogP contribution >= 0.6 is 0 Å². The molecule has 100 valence electrons. The van der Waals surface area contributed by atoms with E-state index in [2.05, 4.69) is 17.2 Å². The number of rotatable bonds is 7. The third-order valence-electron chi connectivity index (χ3n) is 2.42. The first-order chi connectivity index (χ1) is 9.27. The number of nitrogens with one attached hydrogen (secondary N) is 1. The summed E-state index contributed by atoms with van der Waals surface area (Å²) in [7, 11) is 0. The van der Waals surface area contributed by atoms with E-state index in [1.807, 2.05) is 6.07 Å². The first-order valence-electron chi connectivity index (χ1n) is 6.18. The van der Waals surface area contributed by atoms with Gasteiger partial charge in [0.2, 0.25) is 0 Å². The largest absolute Gasteiger partial charge is 0.489 e. The van der Waals surface area contributed by atoms with Gasteiger partial charge in [0.25, 0.3) is 0 Å². The fourth-order valence-corrected chi connectivity index (χ4v) is 1.47. The maximum absolute atomic E-state index is 9.72. The van der Waals surface area contributed by atoms with Crippen LogP contribution in [0.3, 0.4) is 0 Å². The van der Waals surface area contributed by atoms with E-state index >= 15 is 0 Å². The standard InChI is InChI=1S/C15H18N2O2/c1-2-3-6-9-17-11-14(18)12-19-15-8-5-4-7-13(15)10-16/h4-5,7-8,14,17-18H,6,9,11-12H2,1H3. The molecule has 0 saturated heterocycles. The molecule has 0 aliphatic heterocycles. The van der Waals surface area contributed by atoms with Gasteiger partial charge in [-0.1, -0.05) is 12.1 Å². The number of para-hydroxylation sites is 1. The smallest absolute Gasteiger partial charge is 0.137 e. The lowest BCUT2D eigenvalue weighted by Crippen LogP contribution is -2.32. The zero-order valence-corrected chi connectivity index (χ0v) is 11.0. The van der Waals surface area contributed by atoms with E-state index in [0.717, 1.165) is 13.0 Å². The molecule has 0 saturated carbocycles. The summed E-state index contributed by atoms with van der Waals surface area (Å²) in [6.45, 7) is 3.15. The highest BCUT2D eigenvalue weighted by Crippen LogP contribution is 2.16. The lowest BCUT2D eigenvalue weighted by Gasteiger charge is -2.13. The molecule has 1 rings (SSSR count). The van der Waals surface area contributed by atoms with Crippen LogP contribution in [0.1, 0.15) is 18.9 Å². The summed E-state index contributed by atoms with van der Waals surface area (Å²) < 4.78 is 5.43. The van der Waals surface area contributed by atoms with E-state index in [1.165, 1.54) is 0 Å². The van der Waals surface area contributed by atoms with Crippen LogP contribution in [0.4, 0.5) is 0 Å². The lowest BCUT2D eigenvalue weighted by atomic mass is 10.2. The van der Waals surface area contributed by atoms with Gasteiger partial charge in [-0.3, -0.25) is 0 Å². The van der Waals surface area contributed by atoms with Crippen molar-refractivity contribution in [2.24, 2.45) is 0 Å². The van der Waals surface area contributed by atoms with Crippen molar-refractivity contribution >= 4 is 0 Å². The molecule has 0 bridgehead atoms. The van der Waals surface area contributed by atoms with Crippen molar-refractivity contribution in [3.05, 3.63) is 29.8 Å². The third kappa shape index (κ3) is 5.92. The van der Waals surface area contributed by atoms with Crippen molar-refractivity contribution in [3.63, 3.8) is 0 Å². The Bertz CT molecular complexity index is 483. The van der Waals surface area contributed by atoms with Crippen molar-refractivity contribution < 1.29 is 9.84 Å². The summed E-state index contributed by atoms with van der Waals surface area (Å²) in [4.78, 5) is 0. The van der Waals surface area contributed by atoms with Gasteiger partial charge in [-0.05, 0) is 19.1 Å². The van der Waals surface area contributed by atoms with E-state index < -0.39 is 6.10 Å². The average molecular weight is 258 g/mol. The Kier molecular flexibility index (Phi) is 7.12. The third-order valence-corrected chi connectivity index (χ3v) is 2.42. The van der Waals surface area contributed by atoms with Crippen molar-refractivity contribution in [1.82, 2.24) is 5.32 Å². The van der Waals surface area contributed by atoms with E-state index in [9.17, 15) is 5.11 Å². The quantitative estimate of drug-likeness (QED) is 0.571. The molecule has 1 atom stereocenters. The second-order valence-electron chi connectivity index (χ2n) is 3.95. The molecular weight excluding hydrogens is 240 g/mol. The fourth-order valence-electron chi connectivity index (χ4n) is 1.47. The lowest BCUT2D eigenvalue weighted by molar-refractivity contribution is 0.106. The van der Waals surface area contributed by atoms with E-state index in [0.29, 0.717) is 17.9 Å². The number of hydrogen-bond acceptors (Lipinski definition) is 4. The molecule has 0 aromatic heterocycles. The number of ether oxygens (including phenoxy) is 1. The Morgan fingerprint density at radius 3 is 2.95 bits per heavy atom. The number of nitriles is 1. The Hall–Kier alpha value is -2.01. The predicted molar refractivity (Wildman–Crippen MR) is 73.6 cm³/mol. The van der Waals surface area contributed by atoms with Gasteiger partial charge >= 0.3 is 0 Å². The minimum absolute atomic E-state index is 0.158. The SMILES string of the molecule is CC#CCCNCC(O)COc1ccccc1C#N. The molecule has 2 N–H and O–H groups in total. The number of hydrogen-bond donors (Lipinski definition) is 2. The van der Waals surface area contributed by atoms with Gasteiger partial charge in [-0.25, -0.2) is 0 Å². The first kappa shape index (κ1) is 15.0. The number of aliphatic hydroxyl groups excluding tert-OH is 1. The Morgan fingerprint density at radius 2 is 2.21 bits per heavy atom. The highest BCUT2D eigenvalue weighted by molar-refractivity contribution is 5.42. The van der Waals surface area contributed by atoms with Gasteiger partial charge in [0, 0.05) is 19.5 Å². The van der Waals surface area contributed by atoms with Crippen LogP contribution < -0.4 is 10.1 Å². The zero-order chi connectivity index (χ0) is 13.9. The minimum Gasteiger partial charge on any atom is -0.489 e. The van der Waals surface area contributed by atoms with Crippen LogP contribution in [0, 0.1) is 23.2 Å². The van der Waals surface area contributed by atoms with Crippen LogP contribution in [0.5, 0.6) is 5.75 Å². The normalized spacial score (nSPS) is 11.0. The summed E-state index contributed by atoms with van der Waals surface area (Å²) in [5.74, 6) is 6.24. The van der Waals surface area contributed by atoms with Gasteiger partial charge in [-0.15, -0.1) is 11.8 Å². The van der Waals surface area contributed by atoms with Crippen LogP contribution in [0.15, 0.2) is 24.3 Å². The van der Waals surface area contributed by atoms with Crippen molar-refractivity contribution in [2.75, 3.05) is 19.7 Å². The molecule has 0 amide bonds. The van der Waals surface area contributed by atoms with E-state index in [4.69, 9.17) is 10.00 Å². The Labute approximate surface area is 114 Å². The van der Waals surface area contributed by atoms with Crippen LogP contribution in [-0.2, 0) is 0 Å². The monoisotopic (exact) mass is 258 g/mol. The number of nitrogens with zero attached hydrogens (tertiary/aromatic N) is 1. The topological polar surface area (TPSA) is 65.3 Å². The van der Waals surface area contributed by atoms with Crippen molar-refractivity contribution in [1.29, 1.82) is 5.26 Å². The van der Waals surface area contributed by atoms with E-state index in [-0.39, 0.29) is 6.61 Å². The summed E-state index contributed by atoms with van der Waals surface area (Å²) in [6, 6.07) is 9.02. The van der Waals surface area contributed by atoms with Gasteiger partial charge < -0.3 is 15.2 Å². The molecule has 1 aromatic rings. The predicted octanol–water partition coefficient (Wildman–Crippen LogP) is 1.30. The molecule has 0 radical (unpaired) electrons. The molecule has 0 heterocycles. The highest BCUT2D eigenvalue weighted by atomic mass is 16.5. The maximum Gasteiger partial charge on any atom is 0.137 e. The second kappa shape index (κ2) is 8.99. The van der Waals surface area contributed by atoms with Crippen LogP contribution in [0.25, 0.3) is 0 Å². The maximum atomic E-state index is 9.72. The number of benzene rings is 1. The molecule has 19 heavy (non-hydrogen) atoms. The Balaban J connectivity index is 2.27. The fraction of sp³-hybridized carbons (Fsp3) is 0.400. The van der Waals surface area contributed by atoms with Crippen LogP contribution in [-0.4, -0.2) is 30.9 Å².